The van der Waals surface area contributed by atoms with E-state index in [1.165, 1.54) is 11.1 Å². The fraction of sp³-hybridized carbons (Fsp3) is 0.321. The van der Waals surface area contributed by atoms with Gasteiger partial charge in [0.15, 0.2) is 0 Å². The van der Waals surface area contributed by atoms with Gasteiger partial charge in [0.25, 0.3) is 0 Å². The van der Waals surface area contributed by atoms with Gasteiger partial charge < -0.3 is 0 Å². The summed E-state index contributed by atoms with van der Waals surface area (Å²) in [5, 5.41) is 0. The Kier molecular flexibility index (Phi) is 12.1. The first-order chi connectivity index (χ1) is 16.6. The van der Waals surface area contributed by atoms with E-state index >= 15 is 0 Å². The van der Waals surface area contributed by atoms with Crippen LogP contribution in [0.3, 0.4) is 0 Å². The molecule has 0 spiro atoms. The van der Waals surface area contributed by atoms with Gasteiger partial charge in [-0.1, -0.05) is 64.1 Å². The van der Waals surface area contributed by atoms with Crippen molar-refractivity contribution in [3.8, 4) is 0 Å². The fourth-order valence-corrected chi connectivity index (χ4v) is 4.25. The van der Waals surface area contributed by atoms with E-state index in [2.05, 4.69) is 74.8 Å². The molecule has 0 bridgehead atoms. The third-order valence-electron chi connectivity index (χ3n) is 5.58. The summed E-state index contributed by atoms with van der Waals surface area (Å²) in [6, 6.07) is 18.7. The number of hydrogen-bond donors (Lipinski definition) is 0. The van der Waals surface area contributed by atoms with E-state index in [1.54, 1.807) is 0 Å². The molecule has 0 saturated carbocycles. The summed E-state index contributed by atoms with van der Waals surface area (Å²) in [5.74, 6) is 0.808. The monoisotopic (exact) mass is 615 g/mol. The molecule has 0 N–H and O–H groups in total. The third kappa shape index (κ3) is 8.26. The Morgan fingerprint density at radius 2 is 1.20 bits per heavy atom. The van der Waals surface area contributed by atoms with Crippen molar-refractivity contribution in [2.75, 3.05) is 0 Å². The van der Waals surface area contributed by atoms with Crippen LogP contribution in [0, 0.1) is 6.92 Å². The second-order valence-corrected chi connectivity index (χ2v) is 11.5. The number of rotatable bonds is 6. The second kappa shape index (κ2) is 14.3. The molecular weight excluding hydrogens is 585 g/mol. The number of hydrogen-bond acceptors (Lipinski definition) is 3. The minimum atomic E-state index is 0.194. The van der Waals surface area contributed by atoms with Gasteiger partial charge in [0.1, 0.15) is 0 Å². The SMILES string of the molecule is CC(=Nc1c(C)cccc1Br)c1cccc(C(C)=Nc2c(C(C)C)cccc2C(C)C)n1.[Cl][Fe][Cl]. The summed E-state index contributed by atoms with van der Waals surface area (Å²) < 4.78 is 0.984. The molecule has 0 saturated heterocycles. The molecule has 3 rings (SSSR count). The standard InChI is InChI=1S/C28H32BrN3.2ClH.Fe/c1-17(2)22-12-9-13-23(18(3)4)28(22)31-21(7)26-16-10-15-25(32-26)20(6)30-27-19(5)11-8-14-24(27)29;;;/h8-18H,1-7H3;2*1H;/q;;;+2/p-2. The molecule has 1 aromatic heterocycles. The summed E-state index contributed by atoms with van der Waals surface area (Å²) >= 11 is 3.81. The first-order valence-corrected chi connectivity index (χ1v) is 15.2. The number of aliphatic imine (C=N–C) groups is 2. The predicted octanol–water partition coefficient (Wildman–Crippen LogP) is 10.1. The molecule has 3 aromatic rings. The van der Waals surface area contributed by atoms with E-state index in [-0.39, 0.29) is 13.1 Å². The zero-order chi connectivity index (χ0) is 26.1. The molecule has 0 radical (unpaired) electrons. The Balaban J connectivity index is 0.00000137. The Morgan fingerprint density at radius 1 is 0.771 bits per heavy atom. The molecule has 0 fully saturated rings. The molecule has 3 nitrogen and oxygen atoms in total. The average molecular weight is 617 g/mol. The third-order valence-corrected chi connectivity index (χ3v) is 6.22. The summed E-state index contributed by atoms with van der Waals surface area (Å²) in [7, 11) is 9.53. The molecule has 0 amide bonds. The van der Waals surface area contributed by atoms with Gasteiger partial charge in [-0.25, -0.2) is 4.98 Å². The van der Waals surface area contributed by atoms with Crippen LogP contribution >= 0.6 is 36.1 Å². The van der Waals surface area contributed by atoms with E-state index in [0.717, 1.165) is 44.2 Å². The zero-order valence-corrected chi connectivity index (χ0v) is 25.4. The van der Waals surface area contributed by atoms with Crippen molar-refractivity contribution in [2.45, 2.75) is 60.3 Å². The van der Waals surface area contributed by atoms with Crippen molar-refractivity contribution in [1.29, 1.82) is 0 Å². The summed E-state index contributed by atoms with van der Waals surface area (Å²) in [6.07, 6.45) is 0. The number of aromatic nitrogens is 1. The number of halogens is 3. The fourth-order valence-electron chi connectivity index (χ4n) is 3.69. The van der Waals surface area contributed by atoms with Crippen molar-refractivity contribution in [2.24, 2.45) is 9.98 Å². The number of para-hydroxylation sites is 2. The molecule has 0 atom stereocenters. The first-order valence-electron chi connectivity index (χ1n) is 11.4. The van der Waals surface area contributed by atoms with Crippen LogP contribution in [0.2, 0.25) is 0 Å². The maximum atomic E-state index is 5.09. The van der Waals surface area contributed by atoms with Crippen LogP contribution in [-0.4, -0.2) is 16.4 Å². The molecule has 0 aliphatic rings. The van der Waals surface area contributed by atoms with Gasteiger partial charge in [0.05, 0.1) is 34.2 Å². The van der Waals surface area contributed by atoms with Gasteiger partial charge in [-0.15, -0.1) is 0 Å². The van der Waals surface area contributed by atoms with Gasteiger partial charge in [-0.3, -0.25) is 9.98 Å². The van der Waals surface area contributed by atoms with Crippen LogP contribution in [0.15, 0.2) is 69.1 Å². The van der Waals surface area contributed by atoms with Gasteiger partial charge in [0, 0.05) is 4.47 Å². The zero-order valence-electron chi connectivity index (χ0n) is 21.2. The normalized spacial score (nSPS) is 12.2. The summed E-state index contributed by atoms with van der Waals surface area (Å²) in [5.41, 5.74) is 9.20. The molecule has 2 aromatic carbocycles. The Morgan fingerprint density at radius 3 is 1.66 bits per heavy atom. The first kappa shape index (κ1) is 29.7. The Bertz CT molecular complexity index is 1160. The summed E-state index contributed by atoms with van der Waals surface area (Å²) in [4.78, 5) is 14.8. The van der Waals surface area contributed by atoms with Crippen molar-refractivity contribution < 1.29 is 13.1 Å². The van der Waals surface area contributed by atoms with Crippen LogP contribution < -0.4 is 0 Å². The average Bonchev–Trinajstić information content (AvgIpc) is 2.81. The Hall–Kier alpha value is -1.49. The molecule has 188 valence electrons. The quantitative estimate of drug-likeness (QED) is 0.201. The molecule has 0 unspecified atom stereocenters. The second-order valence-electron chi connectivity index (χ2n) is 8.85. The van der Waals surface area contributed by atoms with Crippen molar-refractivity contribution >= 4 is 58.9 Å². The number of aryl methyl sites for hydroxylation is 1. The van der Waals surface area contributed by atoms with Gasteiger partial charge in [-0.05, 0) is 83.4 Å². The van der Waals surface area contributed by atoms with Crippen molar-refractivity contribution in [3.63, 3.8) is 0 Å². The molecule has 35 heavy (non-hydrogen) atoms. The van der Waals surface area contributed by atoms with Crippen LogP contribution in [-0.2, 0) is 13.1 Å². The van der Waals surface area contributed by atoms with E-state index in [4.69, 9.17) is 35.2 Å². The van der Waals surface area contributed by atoms with Gasteiger partial charge in [0.2, 0.25) is 0 Å². The molecule has 0 aliphatic carbocycles. The molecule has 0 aliphatic heterocycles. The minimum absolute atomic E-state index is 0.194. The predicted molar refractivity (Wildman–Crippen MR) is 153 cm³/mol. The number of pyridine rings is 1. The van der Waals surface area contributed by atoms with E-state index < -0.39 is 0 Å². The topological polar surface area (TPSA) is 37.6 Å². The van der Waals surface area contributed by atoms with Crippen LogP contribution in [0.1, 0.15) is 81.5 Å². The van der Waals surface area contributed by atoms with Gasteiger partial charge >= 0.3 is 33.3 Å². The van der Waals surface area contributed by atoms with Crippen LogP contribution in [0.5, 0.6) is 0 Å². The van der Waals surface area contributed by atoms with E-state index in [0.29, 0.717) is 11.8 Å². The summed E-state index contributed by atoms with van der Waals surface area (Å²) in [6.45, 7) is 15.0. The van der Waals surface area contributed by atoms with Crippen LogP contribution in [0.25, 0.3) is 0 Å². The van der Waals surface area contributed by atoms with E-state index in [9.17, 15) is 0 Å². The van der Waals surface area contributed by atoms with Crippen LogP contribution in [0.4, 0.5) is 11.4 Å². The van der Waals surface area contributed by atoms with E-state index in [1.807, 2.05) is 44.2 Å². The van der Waals surface area contributed by atoms with Gasteiger partial charge in [-0.2, -0.15) is 0 Å². The molecular formula is C28H32BrCl2FeN3. The van der Waals surface area contributed by atoms with Crippen molar-refractivity contribution in [1.82, 2.24) is 4.98 Å². The molecule has 1 heterocycles. The van der Waals surface area contributed by atoms with Crippen molar-refractivity contribution in [3.05, 3.63) is 87.1 Å². The molecule has 7 heteroatoms. The Labute approximate surface area is 233 Å². The number of nitrogens with zero attached hydrogens (tertiary/aromatic N) is 3. The maximum absolute atomic E-state index is 5.09. The number of benzene rings is 2.